The number of halogens is 1. The molecule has 7 heteroatoms. The van der Waals surface area contributed by atoms with E-state index < -0.39 is 0 Å². The van der Waals surface area contributed by atoms with Crippen molar-refractivity contribution in [1.82, 2.24) is 10.1 Å². The molecule has 2 aromatic rings. The van der Waals surface area contributed by atoms with Gasteiger partial charge in [0.2, 0.25) is 5.89 Å². The predicted molar refractivity (Wildman–Crippen MR) is 80.2 cm³/mol. The highest BCUT2D eigenvalue weighted by Crippen LogP contribution is 2.22. The van der Waals surface area contributed by atoms with E-state index in [0.29, 0.717) is 17.5 Å². The molecule has 4 nitrogen and oxygen atoms in total. The molecule has 0 aliphatic heterocycles. The first-order valence-corrected chi connectivity index (χ1v) is 8.52. The summed E-state index contributed by atoms with van der Waals surface area (Å²) in [5.41, 5.74) is 5.96. The zero-order valence-corrected chi connectivity index (χ0v) is 12.7. The Morgan fingerprint density at radius 1 is 1.35 bits per heavy atom. The van der Waals surface area contributed by atoms with Crippen molar-refractivity contribution < 1.29 is 8.91 Å². The van der Waals surface area contributed by atoms with Crippen LogP contribution in [0.3, 0.4) is 0 Å². The molecule has 0 spiro atoms. The van der Waals surface area contributed by atoms with Crippen LogP contribution in [-0.2, 0) is 5.75 Å². The van der Waals surface area contributed by atoms with E-state index in [1.54, 1.807) is 23.9 Å². The second kappa shape index (κ2) is 7.66. The van der Waals surface area contributed by atoms with Gasteiger partial charge in [0.1, 0.15) is 5.82 Å². The van der Waals surface area contributed by atoms with Gasteiger partial charge in [0.05, 0.1) is 11.8 Å². The SMILES string of the molecule is CSCC[C@H](N)c1nc(CSc2ccc(F)cc2)no1. The third-order valence-corrected chi connectivity index (χ3v) is 4.27. The summed E-state index contributed by atoms with van der Waals surface area (Å²) in [6.07, 6.45) is 2.85. The topological polar surface area (TPSA) is 64.9 Å². The molecule has 1 heterocycles. The maximum atomic E-state index is 12.8. The van der Waals surface area contributed by atoms with Crippen LogP contribution < -0.4 is 5.73 Å². The van der Waals surface area contributed by atoms with Gasteiger partial charge in [0.25, 0.3) is 0 Å². The van der Waals surface area contributed by atoms with Crippen LogP contribution in [-0.4, -0.2) is 22.1 Å². The lowest BCUT2D eigenvalue weighted by atomic mass is 10.2. The monoisotopic (exact) mass is 313 g/mol. The highest BCUT2D eigenvalue weighted by atomic mass is 32.2. The minimum Gasteiger partial charge on any atom is -0.338 e. The lowest BCUT2D eigenvalue weighted by Gasteiger charge is -2.03. The fourth-order valence-electron chi connectivity index (χ4n) is 1.52. The molecule has 0 aliphatic rings. The van der Waals surface area contributed by atoms with Gasteiger partial charge in [-0.15, -0.1) is 11.8 Å². The van der Waals surface area contributed by atoms with Gasteiger partial charge in [-0.05, 0) is 42.7 Å². The van der Waals surface area contributed by atoms with Crippen LogP contribution in [0.4, 0.5) is 4.39 Å². The lowest BCUT2D eigenvalue weighted by Crippen LogP contribution is -2.11. The minimum absolute atomic E-state index is 0.209. The van der Waals surface area contributed by atoms with Gasteiger partial charge >= 0.3 is 0 Å². The van der Waals surface area contributed by atoms with Gasteiger partial charge in [-0.1, -0.05) is 5.16 Å². The number of thioether (sulfide) groups is 2. The zero-order chi connectivity index (χ0) is 14.4. The average molecular weight is 313 g/mol. The molecule has 0 radical (unpaired) electrons. The van der Waals surface area contributed by atoms with E-state index in [0.717, 1.165) is 17.1 Å². The summed E-state index contributed by atoms with van der Waals surface area (Å²) in [4.78, 5) is 5.25. The molecular weight excluding hydrogens is 297 g/mol. The van der Waals surface area contributed by atoms with Crippen molar-refractivity contribution >= 4 is 23.5 Å². The second-order valence-corrected chi connectivity index (χ2v) is 6.21. The Balaban J connectivity index is 1.87. The molecule has 0 aliphatic carbocycles. The van der Waals surface area contributed by atoms with Crippen LogP contribution in [0.2, 0.25) is 0 Å². The van der Waals surface area contributed by atoms with E-state index in [1.165, 1.54) is 23.9 Å². The van der Waals surface area contributed by atoms with Crippen LogP contribution in [0.5, 0.6) is 0 Å². The molecule has 1 aromatic carbocycles. The molecule has 108 valence electrons. The molecule has 1 atom stereocenters. The molecular formula is C13H16FN3OS2. The Bertz CT molecular complexity index is 533. The van der Waals surface area contributed by atoms with E-state index in [-0.39, 0.29) is 11.9 Å². The number of aromatic nitrogens is 2. The number of hydrogen-bond acceptors (Lipinski definition) is 6. The fraction of sp³-hybridized carbons (Fsp3) is 0.385. The van der Waals surface area contributed by atoms with Crippen molar-refractivity contribution in [2.75, 3.05) is 12.0 Å². The van der Waals surface area contributed by atoms with Crippen molar-refractivity contribution in [2.45, 2.75) is 23.1 Å². The number of nitrogens with two attached hydrogens (primary N) is 1. The molecule has 1 aromatic heterocycles. The Hall–Kier alpha value is -1.05. The van der Waals surface area contributed by atoms with E-state index in [1.807, 2.05) is 6.26 Å². The first kappa shape index (κ1) is 15.3. The molecule has 0 saturated heterocycles. The van der Waals surface area contributed by atoms with Crippen LogP contribution >= 0.6 is 23.5 Å². The summed E-state index contributed by atoms with van der Waals surface area (Å²) in [7, 11) is 0. The highest BCUT2D eigenvalue weighted by Gasteiger charge is 2.14. The summed E-state index contributed by atoms with van der Waals surface area (Å²) in [6.45, 7) is 0. The molecule has 0 bridgehead atoms. The van der Waals surface area contributed by atoms with Gasteiger partial charge in [0, 0.05) is 4.90 Å². The maximum Gasteiger partial charge on any atom is 0.243 e. The van der Waals surface area contributed by atoms with E-state index in [9.17, 15) is 4.39 Å². The molecule has 20 heavy (non-hydrogen) atoms. The summed E-state index contributed by atoms with van der Waals surface area (Å²) < 4.78 is 17.9. The third kappa shape index (κ3) is 4.50. The van der Waals surface area contributed by atoms with E-state index in [4.69, 9.17) is 10.3 Å². The summed E-state index contributed by atoms with van der Waals surface area (Å²) in [5.74, 6) is 2.38. The minimum atomic E-state index is -0.240. The van der Waals surface area contributed by atoms with Gasteiger partial charge < -0.3 is 10.3 Å². The first-order chi connectivity index (χ1) is 9.69. The summed E-state index contributed by atoms with van der Waals surface area (Å²) >= 11 is 3.26. The predicted octanol–water partition coefficient (Wildman–Crippen LogP) is 3.25. The largest absolute Gasteiger partial charge is 0.338 e. The summed E-state index contributed by atoms with van der Waals surface area (Å²) in [6, 6.07) is 6.11. The molecule has 0 saturated carbocycles. The fourth-order valence-corrected chi connectivity index (χ4v) is 2.75. The Kier molecular flexibility index (Phi) is 5.87. The second-order valence-electron chi connectivity index (χ2n) is 4.18. The Morgan fingerprint density at radius 2 is 2.10 bits per heavy atom. The highest BCUT2D eigenvalue weighted by molar-refractivity contribution is 7.98. The van der Waals surface area contributed by atoms with E-state index in [2.05, 4.69) is 10.1 Å². The standard InChI is InChI=1S/C13H16FN3OS2/c1-19-7-6-11(15)13-16-12(17-18-13)8-20-10-4-2-9(14)3-5-10/h2-5,11H,6-8,15H2,1H3/t11-/m0/s1. The van der Waals surface area contributed by atoms with Crippen LogP contribution in [0.1, 0.15) is 24.2 Å². The number of nitrogens with zero attached hydrogens (tertiary/aromatic N) is 2. The number of rotatable bonds is 7. The van der Waals surface area contributed by atoms with Gasteiger partial charge in [0.15, 0.2) is 5.82 Å². The Morgan fingerprint density at radius 3 is 2.80 bits per heavy atom. The molecule has 0 unspecified atom stereocenters. The normalized spacial score (nSPS) is 12.6. The molecule has 0 fully saturated rings. The van der Waals surface area contributed by atoms with Gasteiger partial charge in [-0.3, -0.25) is 0 Å². The van der Waals surface area contributed by atoms with Crippen molar-refractivity contribution in [2.24, 2.45) is 5.73 Å². The maximum absolute atomic E-state index is 12.8. The van der Waals surface area contributed by atoms with Crippen molar-refractivity contribution in [3.8, 4) is 0 Å². The van der Waals surface area contributed by atoms with Crippen molar-refractivity contribution in [3.63, 3.8) is 0 Å². The van der Waals surface area contributed by atoms with E-state index >= 15 is 0 Å². The third-order valence-electron chi connectivity index (χ3n) is 2.62. The lowest BCUT2D eigenvalue weighted by molar-refractivity contribution is 0.350. The average Bonchev–Trinajstić information content (AvgIpc) is 2.93. The van der Waals surface area contributed by atoms with Crippen molar-refractivity contribution in [1.29, 1.82) is 0 Å². The molecule has 2 N–H and O–H groups in total. The first-order valence-electron chi connectivity index (χ1n) is 6.14. The van der Waals surface area contributed by atoms with Gasteiger partial charge in [-0.2, -0.15) is 16.7 Å². The Labute approximate surface area is 125 Å². The van der Waals surface area contributed by atoms with Gasteiger partial charge in [-0.25, -0.2) is 4.39 Å². The van der Waals surface area contributed by atoms with Crippen LogP contribution in [0.25, 0.3) is 0 Å². The molecule has 2 rings (SSSR count). The van der Waals surface area contributed by atoms with Crippen LogP contribution in [0.15, 0.2) is 33.7 Å². The smallest absolute Gasteiger partial charge is 0.243 e. The van der Waals surface area contributed by atoms with Crippen molar-refractivity contribution in [3.05, 3.63) is 41.8 Å². The summed E-state index contributed by atoms with van der Waals surface area (Å²) in [5, 5.41) is 3.91. The number of hydrogen-bond donors (Lipinski definition) is 1. The number of benzene rings is 1. The zero-order valence-electron chi connectivity index (χ0n) is 11.1. The molecule has 0 amide bonds. The quantitative estimate of drug-likeness (QED) is 0.792. The van der Waals surface area contributed by atoms with Crippen LogP contribution in [0, 0.1) is 5.82 Å².